The number of nitrogens with zero attached hydrogens (tertiary/aromatic N) is 1. The van der Waals surface area contributed by atoms with Gasteiger partial charge in [0.05, 0.1) is 26.0 Å². The molecule has 1 N–H and O–H groups in total. The van der Waals surface area contributed by atoms with Crippen molar-refractivity contribution >= 4 is 22.9 Å². The van der Waals surface area contributed by atoms with Gasteiger partial charge in [0.1, 0.15) is 5.75 Å². The molecule has 30 heavy (non-hydrogen) atoms. The zero-order chi connectivity index (χ0) is 21.8. The SMILES string of the molecule is CCOC(=O)CCC/C(C(CNc1ccccc1)=NC)=C(/C)c1ccc(OC)cc1. The van der Waals surface area contributed by atoms with Gasteiger partial charge < -0.3 is 14.8 Å². The van der Waals surface area contributed by atoms with Crippen molar-refractivity contribution in [2.24, 2.45) is 4.99 Å². The topological polar surface area (TPSA) is 59.9 Å². The maximum Gasteiger partial charge on any atom is 0.305 e. The fourth-order valence-electron chi connectivity index (χ4n) is 3.27. The standard InChI is InChI=1S/C25H32N2O3/c1-5-30-25(28)13-9-12-23(19(2)20-14-16-22(29-4)17-15-20)24(26-3)18-27-21-10-7-6-8-11-21/h6-8,10-11,14-17,27H,5,9,12-13,18H2,1-4H3/b23-19+,26-24?. The molecule has 0 amide bonds. The lowest BCUT2D eigenvalue weighted by Gasteiger charge is -2.17. The van der Waals surface area contributed by atoms with E-state index in [2.05, 4.69) is 29.4 Å². The van der Waals surface area contributed by atoms with Crippen LogP contribution >= 0.6 is 0 Å². The molecule has 0 radical (unpaired) electrons. The maximum absolute atomic E-state index is 11.8. The van der Waals surface area contributed by atoms with Gasteiger partial charge in [-0.25, -0.2) is 0 Å². The van der Waals surface area contributed by atoms with E-state index in [1.54, 1.807) is 7.11 Å². The summed E-state index contributed by atoms with van der Waals surface area (Å²) in [6.07, 6.45) is 1.86. The van der Waals surface area contributed by atoms with Crippen molar-refractivity contribution in [2.45, 2.75) is 33.1 Å². The highest BCUT2D eigenvalue weighted by atomic mass is 16.5. The molecule has 5 heteroatoms. The predicted molar refractivity (Wildman–Crippen MR) is 124 cm³/mol. The molecule has 5 nitrogen and oxygen atoms in total. The number of carbonyl (C=O) groups excluding carboxylic acids is 1. The average Bonchev–Trinajstić information content (AvgIpc) is 2.78. The fraction of sp³-hybridized carbons (Fsp3) is 0.360. The molecule has 0 unspecified atom stereocenters. The zero-order valence-corrected chi connectivity index (χ0v) is 18.4. The average molecular weight is 409 g/mol. The van der Waals surface area contributed by atoms with E-state index in [1.165, 1.54) is 0 Å². The van der Waals surface area contributed by atoms with Gasteiger partial charge in [-0.05, 0) is 67.7 Å². The first-order chi connectivity index (χ1) is 14.6. The number of esters is 1. The first-order valence-electron chi connectivity index (χ1n) is 10.3. The van der Waals surface area contributed by atoms with Crippen LogP contribution in [0, 0.1) is 0 Å². The molecule has 0 saturated heterocycles. The van der Waals surface area contributed by atoms with E-state index >= 15 is 0 Å². The van der Waals surface area contributed by atoms with Crippen molar-refractivity contribution in [1.29, 1.82) is 0 Å². The number of aliphatic imine (C=N–C) groups is 1. The second-order valence-electron chi connectivity index (χ2n) is 6.88. The molecule has 2 aromatic rings. The Kier molecular flexibility index (Phi) is 9.65. The van der Waals surface area contributed by atoms with Gasteiger partial charge in [0.25, 0.3) is 0 Å². The molecular weight excluding hydrogens is 376 g/mol. The molecule has 0 aliphatic rings. The number of benzene rings is 2. The highest BCUT2D eigenvalue weighted by Gasteiger charge is 2.14. The summed E-state index contributed by atoms with van der Waals surface area (Å²) in [5, 5.41) is 3.44. The Bertz CT molecular complexity index is 856. The predicted octanol–water partition coefficient (Wildman–Crippen LogP) is 5.39. The third kappa shape index (κ3) is 7.07. The van der Waals surface area contributed by atoms with Crippen LogP contribution in [-0.2, 0) is 9.53 Å². The van der Waals surface area contributed by atoms with Crippen LogP contribution in [-0.4, -0.2) is 39.0 Å². The second kappa shape index (κ2) is 12.5. The fourth-order valence-corrected chi connectivity index (χ4v) is 3.27. The highest BCUT2D eigenvalue weighted by Crippen LogP contribution is 2.25. The second-order valence-corrected chi connectivity index (χ2v) is 6.88. The van der Waals surface area contributed by atoms with Gasteiger partial charge in [-0.1, -0.05) is 30.3 Å². The molecule has 2 rings (SSSR count). The molecule has 2 aromatic carbocycles. The number of anilines is 1. The molecular formula is C25H32N2O3. The molecule has 0 atom stereocenters. The van der Waals surface area contributed by atoms with Crippen molar-refractivity contribution in [2.75, 3.05) is 32.6 Å². The summed E-state index contributed by atoms with van der Waals surface area (Å²) in [6.45, 7) is 4.96. The maximum atomic E-state index is 11.8. The first-order valence-corrected chi connectivity index (χ1v) is 10.3. The molecule has 0 bridgehead atoms. The van der Waals surface area contributed by atoms with Gasteiger partial charge in [0.15, 0.2) is 0 Å². The van der Waals surface area contributed by atoms with Crippen molar-refractivity contribution in [3.63, 3.8) is 0 Å². The van der Waals surface area contributed by atoms with Gasteiger partial charge in [-0.15, -0.1) is 0 Å². The smallest absolute Gasteiger partial charge is 0.305 e. The monoisotopic (exact) mass is 408 g/mol. The van der Waals surface area contributed by atoms with Gasteiger partial charge >= 0.3 is 5.97 Å². The van der Waals surface area contributed by atoms with Gasteiger partial charge in [-0.2, -0.15) is 0 Å². The Labute approximate surface area is 179 Å². The molecule has 0 aliphatic heterocycles. The minimum absolute atomic E-state index is 0.156. The third-order valence-corrected chi connectivity index (χ3v) is 4.94. The summed E-state index contributed by atoms with van der Waals surface area (Å²) in [4.78, 5) is 16.4. The van der Waals surface area contributed by atoms with Crippen LogP contribution in [0.15, 0.2) is 65.2 Å². The van der Waals surface area contributed by atoms with Crippen LogP contribution in [0.2, 0.25) is 0 Å². The minimum Gasteiger partial charge on any atom is -0.497 e. The number of ether oxygens (including phenoxy) is 2. The Hall–Kier alpha value is -3.08. The summed E-state index contributed by atoms with van der Waals surface area (Å²) in [7, 11) is 3.48. The van der Waals surface area contributed by atoms with Crippen molar-refractivity contribution in [3.8, 4) is 5.75 Å². The van der Waals surface area contributed by atoms with E-state index in [0.29, 0.717) is 26.0 Å². The Morgan fingerprint density at radius 3 is 2.33 bits per heavy atom. The quantitative estimate of drug-likeness (QED) is 0.400. The van der Waals surface area contributed by atoms with Crippen molar-refractivity contribution < 1.29 is 14.3 Å². The van der Waals surface area contributed by atoms with E-state index in [0.717, 1.165) is 40.3 Å². The molecule has 0 heterocycles. The molecule has 0 spiro atoms. The molecule has 0 fully saturated rings. The lowest BCUT2D eigenvalue weighted by molar-refractivity contribution is -0.143. The Morgan fingerprint density at radius 1 is 1.03 bits per heavy atom. The number of nitrogens with one attached hydrogen (secondary N) is 1. The summed E-state index contributed by atoms with van der Waals surface area (Å²) >= 11 is 0. The number of para-hydroxylation sites is 1. The molecule has 160 valence electrons. The molecule has 0 aliphatic carbocycles. The highest BCUT2D eigenvalue weighted by molar-refractivity contribution is 6.08. The number of hydrogen-bond donors (Lipinski definition) is 1. The van der Waals surface area contributed by atoms with E-state index in [-0.39, 0.29) is 5.97 Å². The molecule has 0 saturated carbocycles. The number of hydrogen-bond acceptors (Lipinski definition) is 5. The number of rotatable bonds is 11. The normalized spacial score (nSPS) is 12.2. The summed E-state index contributed by atoms with van der Waals surface area (Å²) in [6, 6.07) is 18.1. The summed E-state index contributed by atoms with van der Waals surface area (Å²) in [5.41, 5.74) is 5.44. The van der Waals surface area contributed by atoms with Crippen LogP contribution < -0.4 is 10.1 Å². The zero-order valence-electron chi connectivity index (χ0n) is 18.4. The first kappa shape index (κ1) is 23.2. The van der Waals surface area contributed by atoms with Crippen LogP contribution in [0.5, 0.6) is 5.75 Å². The van der Waals surface area contributed by atoms with Gasteiger partial charge in [0.2, 0.25) is 0 Å². The van der Waals surface area contributed by atoms with Crippen LogP contribution in [0.3, 0.4) is 0 Å². The number of allylic oxidation sites excluding steroid dienone is 1. The summed E-state index contributed by atoms with van der Waals surface area (Å²) in [5.74, 6) is 0.668. The third-order valence-electron chi connectivity index (χ3n) is 4.94. The van der Waals surface area contributed by atoms with E-state index in [9.17, 15) is 4.79 Å². The minimum atomic E-state index is -0.156. The van der Waals surface area contributed by atoms with Gasteiger partial charge in [0, 0.05) is 19.2 Å². The summed E-state index contributed by atoms with van der Waals surface area (Å²) < 4.78 is 10.4. The van der Waals surface area contributed by atoms with E-state index < -0.39 is 0 Å². The van der Waals surface area contributed by atoms with Gasteiger partial charge in [-0.3, -0.25) is 9.79 Å². The number of methoxy groups -OCH3 is 1. The van der Waals surface area contributed by atoms with E-state index in [4.69, 9.17) is 9.47 Å². The molecule has 0 aromatic heterocycles. The Balaban J connectivity index is 2.24. The Morgan fingerprint density at radius 2 is 1.73 bits per heavy atom. The lowest BCUT2D eigenvalue weighted by Crippen LogP contribution is -2.18. The van der Waals surface area contributed by atoms with Crippen LogP contribution in [0.4, 0.5) is 5.69 Å². The van der Waals surface area contributed by atoms with Crippen LogP contribution in [0.1, 0.15) is 38.7 Å². The van der Waals surface area contributed by atoms with Crippen molar-refractivity contribution in [3.05, 3.63) is 65.7 Å². The largest absolute Gasteiger partial charge is 0.497 e. The number of carbonyl (C=O) groups is 1. The van der Waals surface area contributed by atoms with E-state index in [1.807, 2.05) is 56.4 Å². The van der Waals surface area contributed by atoms with Crippen LogP contribution in [0.25, 0.3) is 5.57 Å². The van der Waals surface area contributed by atoms with Crippen molar-refractivity contribution in [1.82, 2.24) is 0 Å². The lowest BCUT2D eigenvalue weighted by atomic mass is 9.93.